The summed E-state index contributed by atoms with van der Waals surface area (Å²) in [4.78, 5) is 40.9. The number of nitrogens with one attached hydrogen (secondary N) is 2. The van der Waals surface area contributed by atoms with E-state index in [1.54, 1.807) is 37.3 Å². The van der Waals surface area contributed by atoms with Crippen molar-refractivity contribution in [2.45, 2.75) is 33.1 Å². The van der Waals surface area contributed by atoms with Crippen LogP contribution in [0.1, 0.15) is 52.7 Å². The molecule has 224 valence electrons. The van der Waals surface area contributed by atoms with Crippen LogP contribution in [-0.4, -0.2) is 57.4 Å². The number of morpholine rings is 1. The SMILES string of the molecule is Cc1c(NC(=O)c2ccc(C(C)(C)C)cc2)cccc1-c1cc(Nc2cc(C(=O)N3CCOCC3)n(C)n2)c(=O)n(C)c1. The molecule has 0 aliphatic carbocycles. The number of pyridine rings is 1. The molecule has 0 bridgehead atoms. The van der Waals surface area contributed by atoms with E-state index in [0.717, 1.165) is 22.3 Å². The van der Waals surface area contributed by atoms with Crippen molar-refractivity contribution >= 4 is 29.0 Å². The topological polar surface area (TPSA) is 110 Å². The molecule has 0 unspecified atom stereocenters. The number of amides is 2. The number of carbonyl (C=O) groups excluding carboxylic acids is 2. The Labute approximate surface area is 251 Å². The number of ether oxygens (including phenoxy) is 1. The average molecular weight is 583 g/mol. The molecule has 0 atom stereocenters. The molecule has 3 heterocycles. The molecule has 0 radical (unpaired) electrons. The Kier molecular flexibility index (Phi) is 8.23. The van der Waals surface area contributed by atoms with E-state index < -0.39 is 0 Å². The lowest BCUT2D eigenvalue weighted by atomic mass is 9.86. The molecular formula is C33H38N6O4. The molecule has 0 spiro atoms. The van der Waals surface area contributed by atoms with E-state index in [4.69, 9.17) is 4.74 Å². The summed E-state index contributed by atoms with van der Waals surface area (Å²) in [7, 11) is 3.39. The van der Waals surface area contributed by atoms with Crippen molar-refractivity contribution in [3.63, 3.8) is 0 Å². The fraction of sp³-hybridized carbons (Fsp3) is 0.333. The lowest BCUT2D eigenvalue weighted by Gasteiger charge is -2.26. The van der Waals surface area contributed by atoms with Crippen LogP contribution in [-0.2, 0) is 24.2 Å². The van der Waals surface area contributed by atoms with Crippen molar-refractivity contribution in [1.82, 2.24) is 19.2 Å². The molecule has 0 saturated carbocycles. The van der Waals surface area contributed by atoms with Gasteiger partial charge in [-0.05, 0) is 53.3 Å². The predicted molar refractivity (Wildman–Crippen MR) is 168 cm³/mol. The molecular weight excluding hydrogens is 544 g/mol. The fourth-order valence-electron chi connectivity index (χ4n) is 5.14. The predicted octanol–water partition coefficient (Wildman–Crippen LogP) is 4.86. The van der Waals surface area contributed by atoms with Crippen molar-refractivity contribution in [1.29, 1.82) is 0 Å². The summed E-state index contributed by atoms with van der Waals surface area (Å²) in [5.41, 5.74) is 5.43. The normalized spacial score (nSPS) is 13.6. The number of hydrogen-bond acceptors (Lipinski definition) is 6. The molecule has 2 N–H and O–H groups in total. The second kappa shape index (κ2) is 11.9. The minimum atomic E-state index is -0.240. The average Bonchev–Trinajstić information content (AvgIpc) is 3.35. The van der Waals surface area contributed by atoms with E-state index >= 15 is 0 Å². The molecule has 2 aromatic heterocycles. The third kappa shape index (κ3) is 6.39. The molecule has 1 fully saturated rings. The molecule has 1 aliphatic heterocycles. The fourth-order valence-corrected chi connectivity index (χ4v) is 5.14. The highest BCUT2D eigenvalue weighted by atomic mass is 16.5. The van der Waals surface area contributed by atoms with Crippen LogP contribution in [0, 0.1) is 6.92 Å². The Hall–Kier alpha value is -4.70. The smallest absolute Gasteiger partial charge is 0.274 e. The number of carbonyl (C=O) groups is 2. The van der Waals surface area contributed by atoms with Crippen LogP contribution in [0.15, 0.2) is 65.6 Å². The quantitative estimate of drug-likeness (QED) is 0.336. The molecule has 1 saturated heterocycles. The number of benzene rings is 2. The molecule has 4 aromatic rings. The summed E-state index contributed by atoms with van der Waals surface area (Å²) < 4.78 is 8.37. The maximum Gasteiger partial charge on any atom is 0.274 e. The number of nitrogens with zero attached hydrogens (tertiary/aromatic N) is 4. The van der Waals surface area contributed by atoms with Crippen LogP contribution in [0.2, 0.25) is 0 Å². The third-order valence-electron chi connectivity index (χ3n) is 7.75. The van der Waals surface area contributed by atoms with E-state index in [1.165, 1.54) is 9.25 Å². The first-order chi connectivity index (χ1) is 20.4. The maximum atomic E-state index is 13.1. The molecule has 5 rings (SSSR count). The molecule has 2 amide bonds. The van der Waals surface area contributed by atoms with Gasteiger partial charge in [-0.3, -0.25) is 19.1 Å². The van der Waals surface area contributed by atoms with E-state index in [9.17, 15) is 14.4 Å². The zero-order valence-corrected chi connectivity index (χ0v) is 25.5. The van der Waals surface area contributed by atoms with Gasteiger partial charge < -0.3 is 24.8 Å². The van der Waals surface area contributed by atoms with Crippen LogP contribution in [0.5, 0.6) is 0 Å². The van der Waals surface area contributed by atoms with Crippen molar-refractivity contribution in [3.8, 4) is 11.1 Å². The van der Waals surface area contributed by atoms with Gasteiger partial charge in [0.1, 0.15) is 11.4 Å². The standard InChI is InChI=1S/C33H38N6O4/c1-21-25(8-7-9-26(21)35-30(40)22-10-12-24(13-11-22)33(2,3)4)23-18-27(31(41)37(5)20-23)34-29-19-28(38(6)36-29)32(42)39-14-16-43-17-15-39/h7-13,18-20H,14-17H2,1-6H3,(H,34,36)(H,35,40). The van der Waals surface area contributed by atoms with Crippen LogP contribution >= 0.6 is 0 Å². The summed E-state index contributed by atoms with van der Waals surface area (Å²) >= 11 is 0. The van der Waals surface area contributed by atoms with E-state index in [0.29, 0.717) is 54.8 Å². The third-order valence-corrected chi connectivity index (χ3v) is 7.75. The number of hydrogen-bond donors (Lipinski definition) is 2. The molecule has 10 nitrogen and oxygen atoms in total. The van der Waals surface area contributed by atoms with E-state index in [2.05, 4.69) is 36.5 Å². The first-order valence-corrected chi connectivity index (χ1v) is 14.3. The molecule has 1 aliphatic rings. The Morgan fingerprint density at radius 3 is 2.33 bits per heavy atom. The number of aromatic nitrogens is 3. The summed E-state index contributed by atoms with van der Waals surface area (Å²) in [6.45, 7) is 10.4. The van der Waals surface area contributed by atoms with Crippen molar-refractivity contribution in [2.24, 2.45) is 14.1 Å². The summed E-state index contributed by atoms with van der Waals surface area (Å²) in [5, 5.41) is 10.6. The van der Waals surface area contributed by atoms with Gasteiger partial charge in [0.2, 0.25) is 0 Å². The summed E-state index contributed by atoms with van der Waals surface area (Å²) in [6.07, 6.45) is 1.76. The minimum absolute atomic E-state index is 0.00260. The van der Waals surface area contributed by atoms with Gasteiger partial charge in [0.25, 0.3) is 17.4 Å². The van der Waals surface area contributed by atoms with Gasteiger partial charge in [-0.15, -0.1) is 0 Å². The van der Waals surface area contributed by atoms with Crippen molar-refractivity contribution in [3.05, 3.63) is 93.5 Å². The van der Waals surface area contributed by atoms with E-state index in [1.807, 2.05) is 49.4 Å². The van der Waals surface area contributed by atoms with Crippen molar-refractivity contribution < 1.29 is 14.3 Å². The Balaban J connectivity index is 1.39. The number of anilines is 3. The Bertz CT molecular complexity index is 1720. The van der Waals surface area contributed by atoms with Gasteiger partial charge in [-0.1, -0.05) is 45.0 Å². The molecule has 10 heteroatoms. The highest BCUT2D eigenvalue weighted by molar-refractivity contribution is 6.05. The van der Waals surface area contributed by atoms with E-state index in [-0.39, 0.29) is 22.8 Å². The second-order valence-electron chi connectivity index (χ2n) is 11.9. The van der Waals surface area contributed by atoms with Crippen LogP contribution < -0.4 is 16.2 Å². The van der Waals surface area contributed by atoms with Gasteiger partial charge in [-0.25, -0.2) is 0 Å². The van der Waals surface area contributed by atoms with Gasteiger partial charge in [0, 0.05) is 56.3 Å². The molecule has 43 heavy (non-hydrogen) atoms. The first-order valence-electron chi connectivity index (χ1n) is 14.3. The Morgan fingerprint density at radius 2 is 1.65 bits per heavy atom. The van der Waals surface area contributed by atoms with Gasteiger partial charge >= 0.3 is 0 Å². The number of rotatable bonds is 6. The van der Waals surface area contributed by atoms with Crippen LogP contribution in [0.4, 0.5) is 17.2 Å². The number of aryl methyl sites for hydroxylation is 2. The Morgan fingerprint density at radius 1 is 0.953 bits per heavy atom. The highest BCUT2D eigenvalue weighted by Gasteiger charge is 2.23. The monoisotopic (exact) mass is 582 g/mol. The first kappa shape index (κ1) is 29.8. The minimum Gasteiger partial charge on any atom is -0.378 e. The highest BCUT2D eigenvalue weighted by Crippen LogP contribution is 2.30. The van der Waals surface area contributed by atoms with Gasteiger partial charge in [0.05, 0.1) is 13.2 Å². The van der Waals surface area contributed by atoms with Gasteiger partial charge in [-0.2, -0.15) is 5.10 Å². The summed E-state index contributed by atoms with van der Waals surface area (Å²) in [5.74, 6) is 0.0670. The maximum absolute atomic E-state index is 13.1. The van der Waals surface area contributed by atoms with Crippen molar-refractivity contribution in [2.75, 3.05) is 36.9 Å². The lowest BCUT2D eigenvalue weighted by Crippen LogP contribution is -2.41. The van der Waals surface area contributed by atoms with Crippen LogP contribution in [0.3, 0.4) is 0 Å². The molecule has 2 aromatic carbocycles. The zero-order valence-electron chi connectivity index (χ0n) is 25.5. The largest absolute Gasteiger partial charge is 0.378 e. The second-order valence-corrected chi connectivity index (χ2v) is 11.9. The lowest BCUT2D eigenvalue weighted by molar-refractivity contribution is 0.0295. The summed E-state index contributed by atoms with van der Waals surface area (Å²) in [6, 6.07) is 16.8. The van der Waals surface area contributed by atoms with Gasteiger partial charge in [0.15, 0.2) is 5.82 Å². The zero-order chi connectivity index (χ0) is 30.9. The van der Waals surface area contributed by atoms with Crippen LogP contribution in [0.25, 0.3) is 11.1 Å².